The van der Waals surface area contributed by atoms with E-state index in [4.69, 9.17) is 14.2 Å². The van der Waals surface area contributed by atoms with Crippen LogP contribution >= 0.6 is 0 Å². The van der Waals surface area contributed by atoms with Crippen LogP contribution < -0.4 is 4.74 Å². The van der Waals surface area contributed by atoms with Gasteiger partial charge in [-0.15, -0.1) is 0 Å². The predicted molar refractivity (Wildman–Crippen MR) is 70.4 cm³/mol. The Hall–Kier alpha value is -1.06. The van der Waals surface area contributed by atoms with Crippen LogP contribution in [0, 0.1) is 16.4 Å². The van der Waals surface area contributed by atoms with E-state index in [-0.39, 0.29) is 0 Å². The van der Waals surface area contributed by atoms with Crippen LogP contribution in [0.1, 0.15) is 27.2 Å². The van der Waals surface area contributed by atoms with Crippen molar-refractivity contribution in [3.8, 4) is 5.75 Å². The molecule has 3 heteroatoms. The molecule has 3 nitrogen and oxygen atoms in total. The highest BCUT2D eigenvalue weighted by Gasteiger charge is 2.19. The van der Waals surface area contributed by atoms with Gasteiger partial charge in [0.15, 0.2) is 0 Å². The van der Waals surface area contributed by atoms with E-state index in [0.29, 0.717) is 18.8 Å². The van der Waals surface area contributed by atoms with Gasteiger partial charge in [0.25, 0.3) is 0 Å². The molecule has 100 valence electrons. The first kappa shape index (κ1) is 13.4. The van der Waals surface area contributed by atoms with E-state index in [0.717, 1.165) is 25.4 Å². The summed E-state index contributed by atoms with van der Waals surface area (Å²) in [6.45, 7) is 8.43. The Morgan fingerprint density at radius 2 is 2.17 bits per heavy atom. The maximum Gasteiger partial charge on any atom is 0.147 e. The lowest BCUT2D eigenvalue weighted by Crippen LogP contribution is -2.31. The van der Waals surface area contributed by atoms with Crippen LogP contribution in [0.5, 0.6) is 5.75 Å². The van der Waals surface area contributed by atoms with Gasteiger partial charge >= 0.3 is 0 Å². The maximum atomic E-state index is 5.32. The van der Waals surface area contributed by atoms with Crippen molar-refractivity contribution < 1.29 is 14.2 Å². The normalized spacial score (nSPS) is 23.9. The van der Waals surface area contributed by atoms with E-state index in [2.05, 4.69) is 32.0 Å². The molecule has 2 atom stereocenters. The molecule has 3 rings (SSSR count). The molecule has 0 N–H and O–H groups in total. The molecule has 0 aromatic carbocycles. The summed E-state index contributed by atoms with van der Waals surface area (Å²) in [7, 11) is 0. The molecule has 0 amide bonds. The molecule has 0 bridgehead atoms. The van der Waals surface area contributed by atoms with E-state index in [1.807, 2.05) is 6.92 Å². The van der Waals surface area contributed by atoms with Gasteiger partial charge in [-0.1, -0.05) is 26.0 Å². The summed E-state index contributed by atoms with van der Waals surface area (Å²) >= 11 is 0. The Bertz CT molecular complexity index is 469. The lowest BCUT2D eigenvalue weighted by Gasteiger charge is -2.27. The third-order valence-corrected chi connectivity index (χ3v) is 3.38. The van der Waals surface area contributed by atoms with E-state index in [9.17, 15) is 0 Å². The second-order valence-corrected chi connectivity index (χ2v) is 4.72. The fourth-order valence-electron chi connectivity index (χ4n) is 2.19. The second-order valence-electron chi connectivity index (χ2n) is 4.72. The van der Waals surface area contributed by atoms with Crippen LogP contribution in [0.2, 0.25) is 0 Å². The van der Waals surface area contributed by atoms with Crippen molar-refractivity contribution in [3.63, 3.8) is 0 Å². The summed E-state index contributed by atoms with van der Waals surface area (Å²) in [5, 5.41) is 2.65. The van der Waals surface area contributed by atoms with E-state index in [1.54, 1.807) is 0 Å². The molecule has 1 saturated heterocycles. The minimum atomic E-state index is 0.429. The first-order valence-electron chi connectivity index (χ1n) is 6.72. The van der Waals surface area contributed by atoms with Crippen LogP contribution in [0.25, 0.3) is 0 Å². The van der Waals surface area contributed by atoms with Crippen molar-refractivity contribution in [2.45, 2.75) is 33.3 Å². The molecule has 2 aliphatic carbocycles. The number of rotatable bonds is 3. The quantitative estimate of drug-likeness (QED) is 0.837. The number of hydrogen-bond acceptors (Lipinski definition) is 3. The topological polar surface area (TPSA) is 27.7 Å². The van der Waals surface area contributed by atoms with Crippen LogP contribution in [-0.4, -0.2) is 26.1 Å². The SMILES string of the molecule is CCC1OCOCC1C.CCOc1cc2ccc1=2. The molecular formula is C15H22O3. The Morgan fingerprint density at radius 1 is 1.33 bits per heavy atom. The highest BCUT2D eigenvalue weighted by Crippen LogP contribution is 2.23. The molecule has 2 unspecified atom stereocenters. The lowest BCUT2D eigenvalue weighted by atomic mass is 10.0. The number of ether oxygens (including phenoxy) is 3. The van der Waals surface area contributed by atoms with Crippen LogP contribution in [-0.2, 0) is 9.47 Å². The van der Waals surface area contributed by atoms with Crippen molar-refractivity contribution in [2.75, 3.05) is 20.0 Å². The monoisotopic (exact) mass is 250 g/mol. The third kappa shape index (κ3) is 2.85. The molecule has 0 aromatic rings. The Labute approximate surface area is 108 Å². The minimum Gasteiger partial charge on any atom is -0.493 e. The molecule has 18 heavy (non-hydrogen) atoms. The number of hydrogen-bond donors (Lipinski definition) is 0. The zero-order valence-corrected chi connectivity index (χ0v) is 11.4. The van der Waals surface area contributed by atoms with Gasteiger partial charge in [-0.3, -0.25) is 0 Å². The second kappa shape index (κ2) is 6.21. The Kier molecular flexibility index (Phi) is 4.61. The van der Waals surface area contributed by atoms with E-state index >= 15 is 0 Å². The van der Waals surface area contributed by atoms with Gasteiger partial charge in [0.05, 0.1) is 19.3 Å². The van der Waals surface area contributed by atoms with Gasteiger partial charge in [-0.05, 0) is 24.6 Å². The zero-order chi connectivity index (χ0) is 13.0. The maximum absolute atomic E-state index is 5.32. The molecule has 0 radical (unpaired) electrons. The van der Waals surface area contributed by atoms with Gasteiger partial charge in [0.1, 0.15) is 12.5 Å². The molecule has 1 heterocycles. The van der Waals surface area contributed by atoms with Gasteiger partial charge in [-0.25, -0.2) is 0 Å². The smallest absolute Gasteiger partial charge is 0.147 e. The van der Waals surface area contributed by atoms with Gasteiger partial charge in [0.2, 0.25) is 0 Å². The fraction of sp³-hybridized carbons (Fsp3) is 0.600. The third-order valence-electron chi connectivity index (χ3n) is 3.38. The average molecular weight is 250 g/mol. The summed E-state index contributed by atoms with van der Waals surface area (Å²) in [6, 6.07) is 6.25. The summed E-state index contributed by atoms with van der Waals surface area (Å²) in [6.07, 6.45) is 1.53. The van der Waals surface area contributed by atoms with Crippen molar-refractivity contribution in [1.82, 2.24) is 0 Å². The van der Waals surface area contributed by atoms with Crippen LogP contribution in [0.4, 0.5) is 0 Å². The number of benzene rings is 1. The summed E-state index contributed by atoms with van der Waals surface area (Å²) in [4.78, 5) is 0. The molecule has 1 aliphatic heterocycles. The van der Waals surface area contributed by atoms with Crippen LogP contribution in [0.3, 0.4) is 0 Å². The zero-order valence-electron chi connectivity index (χ0n) is 11.4. The summed E-state index contributed by atoms with van der Waals surface area (Å²) in [5.41, 5.74) is 0. The standard InChI is InChI=1S/C8H8O.C7H14O2/c1-2-9-8-5-6-3-4-7(6)8;1-3-7-6(2)4-8-5-9-7/h3-5H,2H2,1H3;6-7H,3-5H2,1-2H3. The van der Waals surface area contributed by atoms with Crippen molar-refractivity contribution in [1.29, 1.82) is 0 Å². The van der Waals surface area contributed by atoms with Gasteiger partial charge in [-0.2, -0.15) is 0 Å². The highest BCUT2D eigenvalue weighted by atomic mass is 16.7. The Balaban J connectivity index is 0.000000134. The van der Waals surface area contributed by atoms with Crippen molar-refractivity contribution >= 4 is 0 Å². The highest BCUT2D eigenvalue weighted by molar-refractivity contribution is 5.38. The molecular weight excluding hydrogens is 228 g/mol. The van der Waals surface area contributed by atoms with E-state index < -0.39 is 0 Å². The van der Waals surface area contributed by atoms with Crippen molar-refractivity contribution in [2.24, 2.45) is 5.92 Å². The first-order chi connectivity index (χ1) is 8.76. The van der Waals surface area contributed by atoms with Gasteiger partial charge in [0, 0.05) is 11.1 Å². The molecule has 3 aliphatic rings. The first-order valence-corrected chi connectivity index (χ1v) is 6.72. The van der Waals surface area contributed by atoms with Crippen molar-refractivity contribution in [3.05, 3.63) is 28.6 Å². The van der Waals surface area contributed by atoms with Gasteiger partial charge < -0.3 is 14.2 Å². The summed E-state index contributed by atoms with van der Waals surface area (Å²) in [5.74, 6) is 1.64. The average Bonchev–Trinajstić information content (AvgIpc) is 2.36. The minimum absolute atomic E-state index is 0.429. The fourth-order valence-corrected chi connectivity index (χ4v) is 2.19. The molecule has 1 fully saturated rings. The predicted octanol–water partition coefficient (Wildman–Crippen LogP) is 3.09. The summed E-state index contributed by atoms with van der Waals surface area (Å²) < 4.78 is 15.7. The van der Waals surface area contributed by atoms with E-state index in [1.165, 1.54) is 10.4 Å². The molecule has 0 spiro atoms. The molecule has 0 saturated carbocycles. The largest absolute Gasteiger partial charge is 0.493 e. The molecule has 0 aromatic heterocycles. The Morgan fingerprint density at radius 3 is 2.56 bits per heavy atom. The lowest BCUT2D eigenvalue weighted by molar-refractivity contribution is -0.166. The van der Waals surface area contributed by atoms with Crippen LogP contribution in [0.15, 0.2) is 18.2 Å².